The molecular weight excluding hydrogens is 250 g/mol. The lowest BCUT2D eigenvalue weighted by molar-refractivity contribution is 0.0535. The number of thiocarbonyl (C=S) groups is 1. The van der Waals surface area contributed by atoms with Crippen LogP contribution in [-0.2, 0) is 0 Å². The Kier molecular flexibility index (Phi) is 4.95. The number of aliphatic hydroxyl groups excluding tert-OH is 2. The van der Waals surface area contributed by atoms with Gasteiger partial charge in [0.1, 0.15) is 23.4 Å². The fourth-order valence-corrected chi connectivity index (χ4v) is 1.39. The second kappa shape index (κ2) is 6.00. The second-order valence-corrected chi connectivity index (χ2v) is 4.03. The molecule has 0 aliphatic carbocycles. The van der Waals surface area contributed by atoms with Crippen LogP contribution in [0.1, 0.15) is 5.56 Å². The molecule has 0 aliphatic rings. The first-order chi connectivity index (χ1) is 7.54. The van der Waals surface area contributed by atoms with Crippen molar-refractivity contribution in [3.8, 4) is 5.75 Å². The molecule has 4 nitrogen and oxygen atoms in total. The van der Waals surface area contributed by atoms with Crippen LogP contribution < -0.4 is 10.5 Å². The van der Waals surface area contributed by atoms with E-state index in [1.807, 2.05) is 0 Å². The fraction of sp³-hybridized carbons (Fsp3) is 0.300. The Balaban J connectivity index is 2.84. The van der Waals surface area contributed by atoms with E-state index in [1.165, 1.54) is 0 Å². The van der Waals surface area contributed by atoms with Crippen LogP contribution >= 0.6 is 23.8 Å². The van der Waals surface area contributed by atoms with E-state index in [9.17, 15) is 0 Å². The third-order valence-corrected chi connectivity index (χ3v) is 2.31. The molecule has 1 atom stereocenters. The van der Waals surface area contributed by atoms with Crippen molar-refractivity contribution in [2.45, 2.75) is 6.10 Å². The molecule has 0 bridgehead atoms. The quantitative estimate of drug-likeness (QED) is 0.681. The topological polar surface area (TPSA) is 75.7 Å². The van der Waals surface area contributed by atoms with Crippen LogP contribution in [0.4, 0.5) is 0 Å². The maximum atomic E-state index is 9.15. The SMILES string of the molecule is NC(=S)c1ccc(Cl)cc1OCC(O)CO. The van der Waals surface area contributed by atoms with Gasteiger partial charge in [-0.15, -0.1) is 0 Å². The van der Waals surface area contributed by atoms with E-state index in [-0.39, 0.29) is 18.2 Å². The van der Waals surface area contributed by atoms with Crippen molar-refractivity contribution in [3.63, 3.8) is 0 Å². The summed E-state index contributed by atoms with van der Waals surface area (Å²) in [5, 5.41) is 18.3. The average Bonchev–Trinajstić information content (AvgIpc) is 2.25. The van der Waals surface area contributed by atoms with Gasteiger partial charge in [0.05, 0.1) is 12.2 Å². The Morgan fingerprint density at radius 1 is 1.56 bits per heavy atom. The molecule has 0 aromatic heterocycles. The number of hydrogen-bond donors (Lipinski definition) is 3. The van der Waals surface area contributed by atoms with Crippen LogP contribution in [0.2, 0.25) is 5.02 Å². The van der Waals surface area contributed by atoms with E-state index in [1.54, 1.807) is 18.2 Å². The van der Waals surface area contributed by atoms with Gasteiger partial charge in [0, 0.05) is 5.02 Å². The molecule has 1 unspecified atom stereocenters. The number of benzene rings is 1. The summed E-state index contributed by atoms with van der Waals surface area (Å²) in [5.41, 5.74) is 6.05. The lowest BCUT2D eigenvalue weighted by Crippen LogP contribution is -2.22. The molecular formula is C10H12ClNO3S. The molecule has 16 heavy (non-hydrogen) atoms. The highest BCUT2D eigenvalue weighted by atomic mass is 35.5. The molecule has 1 rings (SSSR count). The first-order valence-electron chi connectivity index (χ1n) is 4.55. The normalized spacial score (nSPS) is 12.2. The first-order valence-corrected chi connectivity index (χ1v) is 5.34. The highest BCUT2D eigenvalue weighted by Gasteiger charge is 2.09. The largest absolute Gasteiger partial charge is 0.490 e. The molecule has 0 saturated heterocycles. The Morgan fingerprint density at radius 2 is 2.25 bits per heavy atom. The predicted octanol–water partition coefficient (Wildman–Crippen LogP) is 0.706. The van der Waals surface area contributed by atoms with Crippen LogP contribution in [0, 0.1) is 0 Å². The summed E-state index contributed by atoms with van der Waals surface area (Å²) < 4.78 is 5.27. The minimum Gasteiger partial charge on any atom is -0.490 e. The molecule has 1 aromatic carbocycles. The van der Waals surface area contributed by atoms with Crippen molar-refractivity contribution in [1.82, 2.24) is 0 Å². The molecule has 0 saturated carbocycles. The van der Waals surface area contributed by atoms with Crippen LogP contribution in [-0.4, -0.2) is 34.5 Å². The number of ether oxygens (including phenoxy) is 1. The molecule has 88 valence electrons. The van der Waals surface area contributed by atoms with Crippen LogP contribution in [0.3, 0.4) is 0 Å². The van der Waals surface area contributed by atoms with Crippen molar-refractivity contribution in [3.05, 3.63) is 28.8 Å². The Bertz CT molecular complexity index is 386. The standard InChI is InChI=1S/C10H12ClNO3S/c11-6-1-2-8(10(12)16)9(3-6)15-5-7(14)4-13/h1-3,7,13-14H,4-5H2,(H2,12,16). The maximum absolute atomic E-state index is 9.15. The molecule has 0 radical (unpaired) electrons. The van der Waals surface area contributed by atoms with E-state index >= 15 is 0 Å². The van der Waals surface area contributed by atoms with Crippen molar-refractivity contribution in [1.29, 1.82) is 0 Å². The van der Waals surface area contributed by atoms with Crippen molar-refractivity contribution >= 4 is 28.8 Å². The molecule has 0 spiro atoms. The second-order valence-electron chi connectivity index (χ2n) is 3.15. The Labute approximate surface area is 104 Å². The molecule has 0 fully saturated rings. The van der Waals surface area contributed by atoms with Crippen molar-refractivity contribution < 1.29 is 14.9 Å². The minimum atomic E-state index is -0.946. The van der Waals surface area contributed by atoms with E-state index in [0.717, 1.165) is 0 Å². The van der Waals surface area contributed by atoms with Gasteiger partial charge in [-0.25, -0.2) is 0 Å². The Morgan fingerprint density at radius 3 is 2.81 bits per heavy atom. The molecule has 6 heteroatoms. The molecule has 0 heterocycles. The number of rotatable bonds is 5. The van der Waals surface area contributed by atoms with Gasteiger partial charge in [0.2, 0.25) is 0 Å². The predicted molar refractivity (Wildman–Crippen MR) is 65.9 cm³/mol. The van der Waals surface area contributed by atoms with Gasteiger partial charge in [0.25, 0.3) is 0 Å². The van der Waals surface area contributed by atoms with Crippen molar-refractivity contribution in [2.24, 2.45) is 5.73 Å². The smallest absolute Gasteiger partial charge is 0.131 e. The number of aliphatic hydroxyl groups is 2. The van der Waals surface area contributed by atoms with Crippen LogP contribution in [0.25, 0.3) is 0 Å². The zero-order chi connectivity index (χ0) is 12.1. The summed E-state index contributed by atoms with van der Waals surface area (Å²) in [4.78, 5) is 0.185. The lowest BCUT2D eigenvalue weighted by atomic mass is 10.2. The minimum absolute atomic E-state index is 0.0492. The van der Waals surface area contributed by atoms with E-state index < -0.39 is 6.10 Å². The fourth-order valence-electron chi connectivity index (χ4n) is 1.06. The molecule has 1 aromatic rings. The number of hydrogen-bond acceptors (Lipinski definition) is 4. The summed E-state index contributed by atoms with van der Waals surface area (Å²) in [5.74, 6) is 0.396. The number of halogens is 1. The van der Waals surface area contributed by atoms with E-state index in [0.29, 0.717) is 16.3 Å². The third-order valence-electron chi connectivity index (χ3n) is 1.85. The van der Waals surface area contributed by atoms with Gasteiger partial charge in [0.15, 0.2) is 0 Å². The third kappa shape index (κ3) is 3.61. The monoisotopic (exact) mass is 261 g/mol. The highest BCUT2D eigenvalue weighted by molar-refractivity contribution is 7.80. The van der Waals surface area contributed by atoms with Gasteiger partial charge in [-0.3, -0.25) is 0 Å². The van der Waals surface area contributed by atoms with Crippen LogP contribution in [0.15, 0.2) is 18.2 Å². The maximum Gasteiger partial charge on any atom is 0.131 e. The summed E-state index contributed by atoms with van der Waals surface area (Å²) in [6, 6.07) is 4.84. The van der Waals surface area contributed by atoms with Crippen LogP contribution in [0.5, 0.6) is 5.75 Å². The van der Waals surface area contributed by atoms with Gasteiger partial charge in [-0.1, -0.05) is 23.8 Å². The van der Waals surface area contributed by atoms with E-state index in [2.05, 4.69) is 0 Å². The summed E-state index contributed by atoms with van der Waals surface area (Å²) in [6.07, 6.45) is -0.946. The van der Waals surface area contributed by atoms with Crippen molar-refractivity contribution in [2.75, 3.05) is 13.2 Å². The average molecular weight is 262 g/mol. The summed E-state index contributed by atoms with van der Waals surface area (Å²) >= 11 is 10.6. The zero-order valence-corrected chi connectivity index (χ0v) is 9.96. The number of nitrogens with two attached hydrogens (primary N) is 1. The first kappa shape index (κ1) is 13.2. The van der Waals surface area contributed by atoms with Gasteiger partial charge in [-0.2, -0.15) is 0 Å². The van der Waals surface area contributed by atoms with Gasteiger partial charge < -0.3 is 20.7 Å². The zero-order valence-electron chi connectivity index (χ0n) is 8.39. The summed E-state index contributed by atoms with van der Waals surface area (Å²) in [7, 11) is 0. The Hall–Kier alpha value is -0.880. The summed E-state index contributed by atoms with van der Waals surface area (Å²) in [6.45, 7) is -0.421. The highest BCUT2D eigenvalue weighted by Crippen LogP contribution is 2.23. The van der Waals surface area contributed by atoms with Gasteiger partial charge in [-0.05, 0) is 18.2 Å². The lowest BCUT2D eigenvalue weighted by Gasteiger charge is -2.13. The molecule has 4 N–H and O–H groups in total. The van der Waals surface area contributed by atoms with E-state index in [4.69, 9.17) is 44.5 Å². The molecule has 0 aliphatic heterocycles. The van der Waals surface area contributed by atoms with Gasteiger partial charge >= 0.3 is 0 Å². The molecule has 0 amide bonds.